The van der Waals surface area contributed by atoms with E-state index < -0.39 is 11.6 Å². The van der Waals surface area contributed by atoms with Gasteiger partial charge in [-0.3, -0.25) is 4.79 Å². The van der Waals surface area contributed by atoms with Gasteiger partial charge >= 0.3 is 0 Å². The number of hydrogen-bond donors (Lipinski definition) is 0. The molecule has 0 N–H and O–H groups in total. The zero-order valence-corrected chi connectivity index (χ0v) is 15.5. The van der Waals surface area contributed by atoms with Crippen LogP contribution in [0.2, 0.25) is 0 Å². The lowest BCUT2D eigenvalue weighted by molar-refractivity contribution is -0.131. The number of carbonyl (C=O) groups excluding carboxylic acids is 1. The molecule has 0 aliphatic rings. The Balaban J connectivity index is 1.77. The summed E-state index contributed by atoms with van der Waals surface area (Å²) in [5.74, 6) is -1.47. The van der Waals surface area contributed by atoms with E-state index in [-0.39, 0.29) is 18.4 Å². The van der Waals surface area contributed by atoms with Crippen molar-refractivity contribution in [2.75, 3.05) is 14.2 Å². The molecule has 0 aliphatic carbocycles. The lowest BCUT2D eigenvalue weighted by Crippen LogP contribution is -2.30. The Morgan fingerprint density at radius 3 is 2.41 bits per heavy atom. The quantitative estimate of drug-likeness (QED) is 0.641. The number of nitrogens with zero attached hydrogens (tertiary/aromatic N) is 1. The summed E-state index contributed by atoms with van der Waals surface area (Å²) < 4.78 is 31.7. The van der Waals surface area contributed by atoms with Crippen molar-refractivity contribution in [3.05, 3.63) is 77.4 Å². The molecule has 0 saturated heterocycles. The van der Waals surface area contributed by atoms with Crippen LogP contribution in [0.1, 0.15) is 24.0 Å². The van der Waals surface area contributed by atoms with Crippen LogP contribution in [-0.4, -0.2) is 25.0 Å². The van der Waals surface area contributed by atoms with Crippen LogP contribution in [0.15, 0.2) is 54.6 Å². The molecule has 0 unspecified atom stereocenters. The molecule has 0 aromatic heterocycles. The van der Waals surface area contributed by atoms with Gasteiger partial charge in [0.15, 0.2) is 11.6 Å². The van der Waals surface area contributed by atoms with E-state index in [9.17, 15) is 13.6 Å². The Morgan fingerprint density at radius 2 is 1.70 bits per heavy atom. The van der Waals surface area contributed by atoms with Gasteiger partial charge in [-0.05, 0) is 53.1 Å². The fourth-order valence-electron chi connectivity index (χ4n) is 3.10. The van der Waals surface area contributed by atoms with Crippen LogP contribution in [0.5, 0.6) is 5.75 Å². The Kier molecular flexibility index (Phi) is 5.40. The van der Waals surface area contributed by atoms with Crippen LogP contribution in [0.4, 0.5) is 8.78 Å². The second-order valence-corrected chi connectivity index (χ2v) is 6.64. The minimum Gasteiger partial charge on any atom is -0.497 e. The minimum absolute atomic E-state index is 0.0902. The molecule has 27 heavy (non-hydrogen) atoms. The zero-order valence-electron chi connectivity index (χ0n) is 15.5. The zero-order chi connectivity index (χ0) is 19.6. The molecule has 1 atom stereocenters. The summed E-state index contributed by atoms with van der Waals surface area (Å²) in [6.45, 7) is 2.06. The van der Waals surface area contributed by atoms with Crippen molar-refractivity contribution in [1.29, 1.82) is 0 Å². The molecule has 0 fully saturated rings. The topological polar surface area (TPSA) is 29.5 Å². The molecule has 0 radical (unpaired) electrons. The normalized spacial score (nSPS) is 12.0. The van der Waals surface area contributed by atoms with Gasteiger partial charge in [0.25, 0.3) is 0 Å². The number of carbonyl (C=O) groups is 1. The van der Waals surface area contributed by atoms with Gasteiger partial charge in [-0.2, -0.15) is 0 Å². The smallest absolute Gasteiger partial charge is 0.229 e. The Labute approximate surface area is 157 Å². The molecule has 3 aromatic carbocycles. The molecule has 0 saturated carbocycles. The minimum atomic E-state index is -0.911. The molecule has 3 rings (SSSR count). The summed E-state index contributed by atoms with van der Waals surface area (Å²) >= 11 is 0. The monoisotopic (exact) mass is 369 g/mol. The third-order valence-electron chi connectivity index (χ3n) is 4.72. The summed E-state index contributed by atoms with van der Waals surface area (Å²) in [6, 6.07) is 15.3. The fraction of sp³-hybridized carbons (Fsp3) is 0.227. The van der Waals surface area contributed by atoms with E-state index >= 15 is 0 Å². The van der Waals surface area contributed by atoms with Crippen LogP contribution >= 0.6 is 0 Å². The predicted molar refractivity (Wildman–Crippen MR) is 102 cm³/mol. The van der Waals surface area contributed by atoms with Crippen molar-refractivity contribution in [2.24, 2.45) is 0 Å². The highest BCUT2D eigenvalue weighted by molar-refractivity contribution is 5.88. The van der Waals surface area contributed by atoms with Crippen LogP contribution in [-0.2, 0) is 11.3 Å². The number of amides is 1. The third kappa shape index (κ3) is 4.08. The number of halogens is 2. The van der Waals surface area contributed by atoms with Crippen LogP contribution in [0.3, 0.4) is 0 Å². The SMILES string of the molecule is COc1ccc2cc([C@H](C)C(=O)N(C)Cc3ccc(F)c(F)c3)ccc2c1. The van der Waals surface area contributed by atoms with Crippen LogP contribution < -0.4 is 4.74 Å². The summed E-state index contributed by atoms with van der Waals surface area (Å²) in [5, 5.41) is 2.06. The van der Waals surface area contributed by atoms with Gasteiger partial charge in [0.1, 0.15) is 5.75 Å². The predicted octanol–water partition coefficient (Wildman–Crippen LogP) is 4.89. The maximum absolute atomic E-state index is 13.4. The molecule has 0 heterocycles. The van der Waals surface area contributed by atoms with Crippen LogP contribution in [0.25, 0.3) is 10.8 Å². The standard InChI is InChI=1S/C22H21F2NO2/c1-14(16-5-6-18-12-19(27-3)8-7-17(18)11-16)22(26)25(2)13-15-4-9-20(23)21(24)10-15/h4-12,14H,13H2,1-3H3/t14-/m0/s1. The van der Waals surface area contributed by atoms with E-state index in [0.717, 1.165) is 34.2 Å². The first-order valence-electron chi connectivity index (χ1n) is 8.65. The molecule has 0 aliphatic heterocycles. The molecular weight excluding hydrogens is 348 g/mol. The van der Waals surface area contributed by atoms with Gasteiger partial charge < -0.3 is 9.64 Å². The van der Waals surface area contributed by atoms with E-state index in [0.29, 0.717) is 5.56 Å². The molecule has 3 aromatic rings. The second-order valence-electron chi connectivity index (χ2n) is 6.64. The van der Waals surface area contributed by atoms with Crippen LogP contribution in [0, 0.1) is 11.6 Å². The van der Waals surface area contributed by atoms with Crippen molar-refractivity contribution < 1.29 is 18.3 Å². The maximum atomic E-state index is 13.4. The Morgan fingerprint density at radius 1 is 1.00 bits per heavy atom. The molecule has 1 amide bonds. The van der Waals surface area contributed by atoms with Crippen molar-refractivity contribution in [1.82, 2.24) is 4.90 Å². The van der Waals surface area contributed by atoms with Gasteiger partial charge in [0.2, 0.25) is 5.91 Å². The van der Waals surface area contributed by atoms with Crippen molar-refractivity contribution in [2.45, 2.75) is 19.4 Å². The van der Waals surface area contributed by atoms with E-state index in [1.165, 1.54) is 11.0 Å². The van der Waals surface area contributed by atoms with E-state index in [1.807, 2.05) is 43.3 Å². The molecule has 3 nitrogen and oxygen atoms in total. The van der Waals surface area contributed by atoms with Crippen molar-refractivity contribution in [3.8, 4) is 5.75 Å². The summed E-state index contributed by atoms with van der Waals surface area (Å²) in [7, 11) is 3.28. The molecule has 5 heteroatoms. The summed E-state index contributed by atoms with van der Waals surface area (Å²) in [4.78, 5) is 14.3. The summed E-state index contributed by atoms with van der Waals surface area (Å²) in [5.41, 5.74) is 1.44. The average molecular weight is 369 g/mol. The summed E-state index contributed by atoms with van der Waals surface area (Å²) in [6.07, 6.45) is 0. The maximum Gasteiger partial charge on any atom is 0.229 e. The van der Waals surface area contributed by atoms with Crippen molar-refractivity contribution in [3.63, 3.8) is 0 Å². The van der Waals surface area contributed by atoms with Crippen molar-refractivity contribution >= 4 is 16.7 Å². The van der Waals surface area contributed by atoms with Gasteiger partial charge in [-0.1, -0.05) is 30.3 Å². The first-order valence-corrected chi connectivity index (χ1v) is 8.65. The molecular formula is C22H21F2NO2. The van der Waals surface area contributed by atoms with Gasteiger partial charge in [-0.15, -0.1) is 0 Å². The molecule has 0 spiro atoms. The number of rotatable bonds is 5. The highest BCUT2D eigenvalue weighted by atomic mass is 19.2. The lowest BCUT2D eigenvalue weighted by Gasteiger charge is -2.22. The first-order chi connectivity index (χ1) is 12.9. The van der Waals surface area contributed by atoms with Gasteiger partial charge in [0, 0.05) is 13.6 Å². The number of hydrogen-bond acceptors (Lipinski definition) is 2. The highest BCUT2D eigenvalue weighted by Gasteiger charge is 2.20. The third-order valence-corrected chi connectivity index (χ3v) is 4.72. The number of fused-ring (bicyclic) bond motifs is 1. The van der Waals surface area contributed by atoms with Gasteiger partial charge in [-0.25, -0.2) is 8.78 Å². The fourth-order valence-corrected chi connectivity index (χ4v) is 3.10. The largest absolute Gasteiger partial charge is 0.497 e. The molecule has 140 valence electrons. The average Bonchev–Trinajstić information content (AvgIpc) is 2.68. The van der Waals surface area contributed by atoms with E-state index in [1.54, 1.807) is 14.2 Å². The number of benzene rings is 3. The first kappa shape index (κ1) is 18.8. The number of ether oxygens (including phenoxy) is 1. The van der Waals surface area contributed by atoms with E-state index in [2.05, 4.69) is 0 Å². The van der Waals surface area contributed by atoms with E-state index in [4.69, 9.17) is 4.74 Å². The second kappa shape index (κ2) is 7.74. The van der Waals surface area contributed by atoms with Gasteiger partial charge in [0.05, 0.1) is 13.0 Å². The molecule has 0 bridgehead atoms. The Bertz CT molecular complexity index is 987. The number of methoxy groups -OCH3 is 1. The lowest BCUT2D eigenvalue weighted by atomic mass is 9.96. The number of likely N-dealkylation sites (N-methyl/N-ethyl adjacent to an activating group) is 1. The highest BCUT2D eigenvalue weighted by Crippen LogP contribution is 2.26. The Hall–Kier alpha value is -2.95.